The number of halogens is 2. The number of benzene rings is 1. The third kappa shape index (κ3) is 4.11. The summed E-state index contributed by atoms with van der Waals surface area (Å²) >= 11 is 13.3. The third-order valence-corrected chi connectivity index (χ3v) is 5.34. The molecule has 9 heteroatoms. The maximum Gasteiger partial charge on any atom is 0.254 e. The van der Waals surface area contributed by atoms with Crippen molar-refractivity contribution in [1.82, 2.24) is 15.1 Å². The van der Waals surface area contributed by atoms with Gasteiger partial charge in [0.2, 0.25) is 11.0 Å². The number of aryl methyl sites for hydroxylation is 1. The first-order valence-electron chi connectivity index (χ1n) is 7.88. The molecule has 2 heterocycles. The summed E-state index contributed by atoms with van der Waals surface area (Å²) in [6.45, 7) is 2.48. The Morgan fingerprint density at radius 1 is 1.28 bits per heavy atom. The number of carbonyl (C=O) groups excluding carboxylic acids is 2. The second-order valence-electron chi connectivity index (χ2n) is 5.66. The smallest absolute Gasteiger partial charge is 0.254 e. The molecular formula is C16H16Cl2N4O2S. The van der Waals surface area contributed by atoms with E-state index in [1.807, 2.05) is 6.92 Å². The molecule has 1 atom stereocenters. The molecule has 1 unspecified atom stereocenters. The average molecular weight is 399 g/mol. The molecule has 0 saturated carbocycles. The zero-order chi connectivity index (χ0) is 18.0. The Hall–Kier alpha value is -1.70. The van der Waals surface area contributed by atoms with E-state index in [9.17, 15) is 9.59 Å². The van der Waals surface area contributed by atoms with Crippen molar-refractivity contribution in [3.8, 4) is 0 Å². The maximum atomic E-state index is 12.8. The van der Waals surface area contributed by atoms with E-state index in [-0.39, 0.29) is 11.8 Å². The number of carbonyl (C=O) groups is 2. The van der Waals surface area contributed by atoms with Crippen LogP contribution in [-0.4, -0.2) is 39.5 Å². The summed E-state index contributed by atoms with van der Waals surface area (Å²) in [6.07, 6.45) is 2.12. The van der Waals surface area contributed by atoms with Crippen LogP contribution in [0, 0.1) is 0 Å². The Morgan fingerprint density at radius 3 is 2.64 bits per heavy atom. The van der Waals surface area contributed by atoms with Gasteiger partial charge in [-0.2, -0.15) is 0 Å². The quantitative estimate of drug-likeness (QED) is 0.852. The summed E-state index contributed by atoms with van der Waals surface area (Å²) in [4.78, 5) is 26.9. The van der Waals surface area contributed by atoms with Crippen molar-refractivity contribution < 1.29 is 9.59 Å². The van der Waals surface area contributed by atoms with Crippen molar-refractivity contribution in [3.05, 3.63) is 38.8 Å². The average Bonchev–Trinajstić information content (AvgIpc) is 3.22. The molecule has 2 amide bonds. The summed E-state index contributed by atoms with van der Waals surface area (Å²) in [5, 5.41) is 12.8. The number of hydrogen-bond acceptors (Lipinski definition) is 5. The minimum Gasteiger partial charge on any atom is -0.327 e. The number of likely N-dealkylation sites (tertiary alicyclic amines) is 1. The van der Waals surface area contributed by atoms with Crippen molar-refractivity contribution in [1.29, 1.82) is 0 Å². The molecule has 1 aliphatic rings. The molecule has 0 bridgehead atoms. The number of hydrogen-bond donors (Lipinski definition) is 1. The summed E-state index contributed by atoms with van der Waals surface area (Å²) in [5.74, 6) is -0.508. The van der Waals surface area contributed by atoms with Crippen molar-refractivity contribution in [2.24, 2.45) is 0 Å². The lowest BCUT2D eigenvalue weighted by Gasteiger charge is -2.23. The van der Waals surface area contributed by atoms with E-state index < -0.39 is 6.04 Å². The van der Waals surface area contributed by atoms with Gasteiger partial charge in [0.25, 0.3) is 5.91 Å². The Balaban J connectivity index is 1.75. The molecule has 1 saturated heterocycles. The molecule has 3 rings (SSSR count). The van der Waals surface area contributed by atoms with E-state index in [2.05, 4.69) is 15.5 Å². The Bertz CT molecular complexity index is 791. The first-order chi connectivity index (χ1) is 12.0. The van der Waals surface area contributed by atoms with Crippen LogP contribution in [-0.2, 0) is 11.2 Å². The van der Waals surface area contributed by atoms with Crippen molar-refractivity contribution in [3.63, 3.8) is 0 Å². The highest BCUT2D eigenvalue weighted by Crippen LogP contribution is 2.25. The monoisotopic (exact) mass is 398 g/mol. The van der Waals surface area contributed by atoms with Crippen molar-refractivity contribution in [2.45, 2.75) is 32.2 Å². The minimum atomic E-state index is -0.542. The van der Waals surface area contributed by atoms with Crippen LogP contribution in [0.15, 0.2) is 18.2 Å². The van der Waals surface area contributed by atoms with Gasteiger partial charge in [0.1, 0.15) is 11.0 Å². The molecule has 1 N–H and O–H groups in total. The highest BCUT2D eigenvalue weighted by atomic mass is 35.5. The molecule has 0 radical (unpaired) electrons. The Kier molecular flexibility index (Phi) is 5.56. The Labute approximate surface area is 159 Å². The van der Waals surface area contributed by atoms with Crippen LogP contribution in [0.2, 0.25) is 10.0 Å². The number of amides is 2. The van der Waals surface area contributed by atoms with E-state index in [0.29, 0.717) is 33.7 Å². The summed E-state index contributed by atoms with van der Waals surface area (Å²) in [5.41, 5.74) is 0.376. The van der Waals surface area contributed by atoms with Gasteiger partial charge in [-0.25, -0.2) is 0 Å². The van der Waals surface area contributed by atoms with Crippen LogP contribution in [0.5, 0.6) is 0 Å². The molecule has 2 aromatic rings. The van der Waals surface area contributed by atoms with Crippen LogP contribution in [0.3, 0.4) is 0 Å². The van der Waals surface area contributed by atoms with Gasteiger partial charge in [0.15, 0.2) is 0 Å². The van der Waals surface area contributed by atoms with E-state index in [1.165, 1.54) is 11.3 Å². The standard InChI is InChI=1S/C16H16Cl2N4O2S/c1-2-13-20-21-16(25-13)19-14(23)12-4-3-5-22(12)15(24)9-6-10(17)8-11(18)7-9/h6-8,12H,2-5H2,1H3,(H,19,21,23). The first kappa shape index (κ1) is 18.1. The van der Waals surface area contributed by atoms with Gasteiger partial charge >= 0.3 is 0 Å². The lowest BCUT2D eigenvalue weighted by Crippen LogP contribution is -2.43. The van der Waals surface area contributed by atoms with Gasteiger partial charge in [-0.15, -0.1) is 10.2 Å². The SMILES string of the molecule is CCc1nnc(NC(=O)C2CCCN2C(=O)c2cc(Cl)cc(Cl)c2)s1. The van der Waals surface area contributed by atoms with Gasteiger partial charge in [-0.3, -0.25) is 14.9 Å². The van der Waals surface area contributed by atoms with Gasteiger partial charge in [0.05, 0.1) is 0 Å². The van der Waals surface area contributed by atoms with E-state index in [4.69, 9.17) is 23.2 Å². The third-order valence-electron chi connectivity index (χ3n) is 3.93. The molecule has 1 aliphatic heterocycles. The second-order valence-corrected chi connectivity index (χ2v) is 7.59. The molecule has 0 aliphatic carbocycles. The first-order valence-corrected chi connectivity index (χ1v) is 9.45. The number of nitrogens with zero attached hydrogens (tertiary/aromatic N) is 3. The van der Waals surface area contributed by atoms with Gasteiger partial charge in [-0.05, 0) is 37.5 Å². The predicted octanol–water partition coefficient (Wildman–Crippen LogP) is 3.65. The lowest BCUT2D eigenvalue weighted by molar-refractivity contribution is -0.119. The number of rotatable bonds is 4. The van der Waals surface area contributed by atoms with E-state index in [0.717, 1.165) is 17.8 Å². The molecular weight excluding hydrogens is 383 g/mol. The summed E-state index contributed by atoms with van der Waals surface area (Å²) in [7, 11) is 0. The number of anilines is 1. The normalized spacial score (nSPS) is 16.9. The van der Waals surface area contributed by atoms with Gasteiger partial charge in [0, 0.05) is 22.2 Å². The van der Waals surface area contributed by atoms with E-state index in [1.54, 1.807) is 23.1 Å². The predicted molar refractivity (Wildman–Crippen MR) is 98.4 cm³/mol. The molecule has 1 fully saturated rings. The van der Waals surface area contributed by atoms with Crippen LogP contribution < -0.4 is 5.32 Å². The molecule has 25 heavy (non-hydrogen) atoms. The van der Waals surface area contributed by atoms with Crippen LogP contribution >= 0.6 is 34.5 Å². The molecule has 1 aromatic carbocycles. The molecule has 6 nitrogen and oxygen atoms in total. The molecule has 0 spiro atoms. The fourth-order valence-corrected chi connectivity index (χ4v) is 3.97. The fraction of sp³-hybridized carbons (Fsp3) is 0.375. The minimum absolute atomic E-state index is 0.252. The van der Waals surface area contributed by atoms with Crippen molar-refractivity contribution in [2.75, 3.05) is 11.9 Å². The van der Waals surface area contributed by atoms with Crippen LogP contribution in [0.25, 0.3) is 0 Å². The summed E-state index contributed by atoms with van der Waals surface area (Å²) < 4.78 is 0. The maximum absolute atomic E-state index is 12.8. The second kappa shape index (κ2) is 7.68. The van der Waals surface area contributed by atoms with E-state index >= 15 is 0 Å². The zero-order valence-electron chi connectivity index (χ0n) is 13.5. The topological polar surface area (TPSA) is 75.2 Å². The van der Waals surface area contributed by atoms with Crippen LogP contribution in [0.1, 0.15) is 35.1 Å². The molecule has 132 valence electrons. The number of aromatic nitrogens is 2. The lowest BCUT2D eigenvalue weighted by atomic mass is 10.1. The Morgan fingerprint density at radius 2 is 2.00 bits per heavy atom. The highest BCUT2D eigenvalue weighted by Gasteiger charge is 2.35. The number of nitrogens with one attached hydrogen (secondary N) is 1. The van der Waals surface area contributed by atoms with Gasteiger partial charge in [-0.1, -0.05) is 41.5 Å². The van der Waals surface area contributed by atoms with Crippen LogP contribution in [0.4, 0.5) is 5.13 Å². The van der Waals surface area contributed by atoms with Gasteiger partial charge < -0.3 is 4.90 Å². The fourth-order valence-electron chi connectivity index (χ4n) is 2.76. The van der Waals surface area contributed by atoms with Crippen molar-refractivity contribution >= 4 is 51.5 Å². The highest BCUT2D eigenvalue weighted by molar-refractivity contribution is 7.15. The molecule has 1 aromatic heterocycles. The largest absolute Gasteiger partial charge is 0.327 e. The summed E-state index contributed by atoms with van der Waals surface area (Å²) in [6, 6.07) is 4.14. The zero-order valence-corrected chi connectivity index (χ0v) is 15.8.